The van der Waals surface area contributed by atoms with Gasteiger partial charge in [0.1, 0.15) is 5.69 Å². The third kappa shape index (κ3) is 3.73. The quantitative estimate of drug-likeness (QED) is 0.709. The number of carbonyl (C=O) groups is 1. The van der Waals surface area contributed by atoms with Crippen LogP contribution in [0.4, 0.5) is 18.9 Å². The number of hydrogen-bond acceptors (Lipinski definition) is 4. The van der Waals surface area contributed by atoms with E-state index in [1.54, 1.807) is 6.07 Å². The molecule has 170 valence electrons. The second-order valence-corrected chi connectivity index (χ2v) is 10.2. The Morgan fingerprint density at radius 1 is 1.16 bits per heavy atom. The maximum absolute atomic E-state index is 13.0. The second kappa shape index (κ2) is 7.18. The molecular weight excluding hydrogens is 417 g/mol. The molecule has 2 aromatic rings. The van der Waals surface area contributed by atoms with Crippen LogP contribution < -0.4 is 4.90 Å². The van der Waals surface area contributed by atoms with Crippen LogP contribution in [-0.4, -0.2) is 33.9 Å². The van der Waals surface area contributed by atoms with Crippen molar-refractivity contribution in [1.29, 1.82) is 0 Å². The minimum Gasteiger partial charge on any atom is -0.371 e. The number of rotatable bonds is 3. The molecule has 0 saturated carbocycles. The first-order valence-corrected chi connectivity index (χ1v) is 11.1. The predicted molar refractivity (Wildman–Crippen MR) is 114 cm³/mol. The van der Waals surface area contributed by atoms with Gasteiger partial charge < -0.3 is 9.80 Å². The Kier molecular flexibility index (Phi) is 4.76. The van der Waals surface area contributed by atoms with Crippen molar-refractivity contribution in [3.63, 3.8) is 0 Å². The van der Waals surface area contributed by atoms with Crippen molar-refractivity contribution in [2.45, 2.75) is 59.3 Å². The molecule has 5 nitrogen and oxygen atoms in total. The van der Waals surface area contributed by atoms with Crippen LogP contribution in [0.1, 0.15) is 54.0 Å². The van der Waals surface area contributed by atoms with Crippen molar-refractivity contribution < 1.29 is 18.0 Å². The van der Waals surface area contributed by atoms with Gasteiger partial charge >= 0.3 is 6.18 Å². The Balaban J connectivity index is 1.21. The monoisotopic (exact) mass is 444 g/mol. The van der Waals surface area contributed by atoms with Crippen molar-refractivity contribution >= 4 is 11.6 Å². The molecule has 32 heavy (non-hydrogen) atoms. The minimum atomic E-state index is -4.46. The van der Waals surface area contributed by atoms with Gasteiger partial charge in [0.25, 0.3) is 0 Å². The van der Waals surface area contributed by atoms with E-state index in [0.29, 0.717) is 38.3 Å². The van der Waals surface area contributed by atoms with E-state index < -0.39 is 11.9 Å². The van der Waals surface area contributed by atoms with Crippen LogP contribution in [0.3, 0.4) is 0 Å². The van der Waals surface area contributed by atoms with Crippen LogP contribution in [0.5, 0.6) is 0 Å². The highest BCUT2D eigenvalue weighted by Gasteiger charge is 2.38. The predicted octanol–water partition coefficient (Wildman–Crippen LogP) is 4.30. The van der Waals surface area contributed by atoms with Gasteiger partial charge in [-0.25, -0.2) is 0 Å². The first-order chi connectivity index (χ1) is 15.0. The lowest BCUT2D eigenvalue weighted by Crippen LogP contribution is -2.48. The van der Waals surface area contributed by atoms with Crippen LogP contribution in [0, 0.1) is 18.3 Å². The summed E-state index contributed by atoms with van der Waals surface area (Å²) in [6.45, 7) is 8.95. The molecule has 4 heterocycles. The van der Waals surface area contributed by atoms with Crippen molar-refractivity contribution in [1.82, 2.24) is 14.9 Å². The van der Waals surface area contributed by atoms with E-state index in [2.05, 4.69) is 25.8 Å². The van der Waals surface area contributed by atoms with Gasteiger partial charge in [-0.05, 0) is 54.0 Å². The SMILES string of the molecule is Cc1nc2c(c3c1CC(C)(C)C3)CN(C(=O)CC1CN(c3ccnc(C(F)(F)F)c3)C1)C2. The fourth-order valence-electron chi connectivity index (χ4n) is 5.36. The molecule has 2 aliphatic heterocycles. The topological polar surface area (TPSA) is 49.3 Å². The number of halogens is 3. The molecule has 1 fully saturated rings. The van der Waals surface area contributed by atoms with Gasteiger partial charge in [0.05, 0.1) is 12.2 Å². The standard InChI is InChI=1S/C24H27F3N4O/c1-14-17-8-23(2,3)9-18(17)19-12-31(13-20(19)29-14)22(32)6-15-10-30(11-15)16-4-5-28-21(7-16)24(25,26)27/h4-5,7,15H,6,8-13H2,1-3H3. The zero-order chi connectivity index (χ0) is 22.8. The number of hydrogen-bond donors (Lipinski definition) is 0. The number of anilines is 1. The maximum Gasteiger partial charge on any atom is 0.433 e. The van der Waals surface area contributed by atoms with E-state index in [1.807, 2.05) is 9.80 Å². The van der Waals surface area contributed by atoms with E-state index in [1.165, 1.54) is 22.9 Å². The van der Waals surface area contributed by atoms with Gasteiger partial charge in [0.2, 0.25) is 5.91 Å². The summed E-state index contributed by atoms with van der Waals surface area (Å²) in [7, 11) is 0. The van der Waals surface area contributed by atoms with Crippen molar-refractivity contribution in [3.8, 4) is 0 Å². The van der Waals surface area contributed by atoms with Gasteiger partial charge in [-0.1, -0.05) is 13.8 Å². The fourth-order valence-corrected chi connectivity index (χ4v) is 5.36. The van der Waals surface area contributed by atoms with Gasteiger partial charge in [-0.3, -0.25) is 14.8 Å². The number of pyridine rings is 2. The average molecular weight is 445 g/mol. The van der Waals surface area contributed by atoms with E-state index in [9.17, 15) is 18.0 Å². The molecule has 3 aliphatic rings. The van der Waals surface area contributed by atoms with Crippen LogP contribution >= 0.6 is 0 Å². The van der Waals surface area contributed by atoms with Crippen LogP contribution in [0.15, 0.2) is 18.3 Å². The highest BCUT2D eigenvalue weighted by Crippen LogP contribution is 2.42. The Morgan fingerprint density at radius 2 is 1.88 bits per heavy atom. The normalized spacial score (nSPS) is 19.7. The Labute approximate surface area is 185 Å². The summed E-state index contributed by atoms with van der Waals surface area (Å²) in [4.78, 5) is 25.0. The van der Waals surface area contributed by atoms with E-state index in [4.69, 9.17) is 4.98 Å². The zero-order valence-corrected chi connectivity index (χ0v) is 18.6. The van der Waals surface area contributed by atoms with E-state index >= 15 is 0 Å². The first kappa shape index (κ1) is 21.2. The molecule has 1 amide bonds. The largest absolute Gasteiger partial charge is 0.433 e. The van der Waals surface area contributed by atoms with Gasteiger partial charge in [-0.15, -0.1) is 0 Å². The molecule has 0 N–H and O–H groups in total. The number of nitrogens with zero attached hydrogens (tertiary/aromatic N) is 4. The minimum absolute atomic E-state index is 0.0991. The Hall–Kier alpha value is -2.64. The van der Waals surface area contributed by atoms with Crippen molar-refractivity contribution in [2.24, 2.45) is 11.3 Å². The highest BCUT2D eigenvalue weighted by atomic mass is 19.4. The molecule has 0 radical (unpaired) electrons. The molecule has 0 aromatic carbocycles. The molecule has 0 spiro atoms. The lowest BCUT2D eigenvalue weighted by Gasteiger charge is -2.41. The number of fused-ring (bicyclic) bond motifs is 3. The summed E-state index contributed by atoms with van der Waals surface area (Å²) in [5, 5.41) is 0. The maximum atomic E-state index is 13.0. The molecule has 8 heteroatoms. The van der Waals surface area contributed by atoms with E-state index in [-0.39, 0.29) is 17.2 Å². The summed E-state index contributed by atoms with van der Waals surface area (Å²) in [6.07, 6.45) is -0.797. The number of alkyl halides is 3. The lowest BCUT2D eigenvalue weighted by molar-refractivity contribution is -0.141. The van der Waals surface area contributed by atoms with Crippen LogP contribution in [0.2, 0.25) is 0 Å². The molecule has 5 rings (SSSR count). The smallest absolute Gasteiger partial charge is 0.371 e. The van der Waals surface area contributed by atoms with Crippen LogP contribution in [-0.2, 0) is 36.9 Å². The molecule has 0 unspecified atom stereocenters. The third-order valence-electron chi connectivity index (χ3n) is 6.99. The van der Waals surface area contributed by atoms with Gasteiger partial charge in [0, 0.05) is 49.6 Å². The summed E-state index contributed by atoms with van der Waals surface area (Å²) in [6, 6.07) is 2.66. The average Bonchev–Trinajstić information content (AvgIpc) is 3.24. The summed E-state index contributed by atoms with van der Waals surface area (Å²) < 4.78 is 38.7. The number of aryl methyl sites for hydroxylation is 1. The first-order valence-electron chi connectivity index (χ1n) is 11.1. The summed E-state index contributed by atoms with van der Waals surface area (Å²) in [5.74, 6) is 0.245. The Morgan fingerprint density at radius 3 is 2.59 bits per heavy atom. The fraction of sp³-hybridized carbons (Fsp3) is 0.542. The van der Waals surface area contributed by atoms with E-state index in [0.717, 1.165) is 30.3 Å². The molecule has 1 aliphatic carbocycles. The molecule has 0 bridgehead atoms. The molecule has 0 atom stereocenters. The zero-order valence-electron chi connectivity index (χ0n) is 18.6. The van der Waals surface area contributed by atoms with Crippen molar-refractivity contribution in [2.75, 3.05) is 18.0 Å². The second-order valence-electron chi connectivity index (χ2n) is 10.2. The Bertz CT molecular complexity index is 1090. The molecule has 2 aromatic heterocycles. The van der Waals surface area contributed by atoms with Crippen LogP contribution in [0.25, 0.3) is 0 Å². The molecule has 1 saturated heterocycles. The highest BCUT2D eigenvalue weighted by molar-refractivity contribution is 5.78. The van der Waals surface area contributed by atoms with Gasteiger partial charge in [0.15, 0.2) is 0 Å². The number of carbonyl (C=O) groups excluding carboxylic acids is 1. The summed E-state index contributed by atoms with van der Waals surface area (Å²) >= 11 is 0. The molecular formula is C24H27F3N4O. The van der Waals surface area contributed by atoms with Crippen molar-refractivity contribution in [3.05, 3.63) is 52.1 Å². The summed E-state index contributed by atoms with van der Waals surface area (Å²) in [5.41, 5.74) is 5.94. The third-order valence-corrected chi connectivity index (χ3v) is 6.99. The van der Waals surface area contributed by atoms with Gasteiger partial charge in [-0.2, -0.15) is 13.2 Å². The number of amides is 1. The number of aromatic nitrogens is 2. The lowest BCUT2D eigenvalue weighted by atomic mass is 9.90.